The van der Waals surface area contributed by atoms with Crippen LogP contribution in [0.1, 0.15) is 26.7 Å². The van der Waals surface area contributed by atoms with Gasteiger partial charge in [-0.3, -0.25) is 0 Å². The zero-order valence-corrected chi connectivity index (χ0v) is 9.81. The maximum Gasteiger partial charge on any atom is 0.213 e. The van der Waals surface area contributed by atoms with Crippen LogP contribution in [0, 0.1) is 0 Å². The largest absolute Gasteiger partial charge is 0.314 e. The molecule has 1 aliphatic heterocycles. The molecule has 4 nitrogen and oxygen atoms in total. The van der Waals surface area contributed by atoms with Gasteiger partial charge in [-0.05, 0) is 26.3 Å². The molecule has 0 saturated carbocycles. The Bertz CT molecular complexity index is 256. The third-order valence-corrected chi connectivity index (χ3v) is 4.59. The summed E-state index contributed by atoms with van der Waals surface area (Å²) in [6.45, 7) is 6.09. The van der Waals surface area contributed by atoms with E-state index in [1.54, 1.807) is 11.2 Å². The van der Waals surface area contributed by atoms with E-state index in [-0.39, 0.29) is 5.75 Å². The average molecular weight is 220 g/mol. The van der Waals surface area contributed by atoms with Gasteiger partial charge >= 0.3 is 0 Å². The minimum absolute atomic E-state index is 0.221. The molecule has 5 heteroatoms. The maximum atomic E-state index is 11.5. The van der Waals surface area contributed by atoms with Crippen LogP contribution in [0.3, 0.4) is 0 Å². The van der Waals surface area contributed by atoms with Crippen LogP contribution in [0.2, 0.25) is 0 Å². The van der Waals surface area contributed by atoms with Gasteiger partial charge in [0.2, 0.25) is 10.0 Å². The van der Waals surface area contributed by atoms with Crippen molar-refractivity contribution in [3.8, 4) is 0 Å². The number of rotatable bonds is 4. The number of nitrogens with one attached hydrogen (secondary N) is 1. The van der Waals surface area contributed by atoms with Crippen LogP contribution < -0.4 is 5.32 Å². The molecule has 0 aliphatic carbocycles. The second-order valence-electron chi connectivity index (χ2n) is 3.63. The lowest BCUT2D eigenvalue weighted by atomic mass is 10.1. The first-order chi connectivity index (χ1) is 6.60. The van der Waals surface area contributed by atoms with Crippen LogP contribution in [-0.4, -0.2) is 44.2 Å². The summed E-state index contributed by atoms with van der Waals surface area (Å²) in [5.41, 5.74) is 0. The molecule has 1 saturated heterocycles. The van der Waals surface area contributed by atoms with Crippen molar-refractivity contribution in [2.45, 2.75) is 32.7 Å². The normalized spacial score (nSPS) is 21.3. The third-order valence-electron chi connectivity index (χ3n) is 2.70. The van der Waals surface area contributed by atoms with Gasteiger partial charge in [0.25, 0.3) is 0 Å². The standard InChI is InChI=1S/C9H20N2O2S/c1-3-10-9-5-7-11(8-6-9)14(12,13)4-2/h9-10H,3-8H2,1-2H3. The summed E-state index contributed by atoms with van der Waals surface area (Å²) < 4.78 is 24.7. The molecule has 1 heterocycles. The molecule has 0 bridgehead atoms. The molecular weight excluding hydrogens is 200 g/mol. The molecule has 0 aromatic carbocycles. The van der Waals surface area contributed by atoms with E-state index in [9.17, 15) is 8.42 Å². The van der Waals surface area contributed by atoms with Crippen molar-refractivity contribution in [2.24, 2.45) is 0 Å². The second kappa shape index (κ2) is 5.09. The Morgan fingerprint density at radius 2 is 1.86 bits per heavy atom. The van der Waals surface area contributed by atoms with Crippen LogP contribution in [0.5, 0.6) is 0 Å². The Morgan fingerprint density at radius 1 is 1.29 bits per heavy atom. The predicted octanol–water partition coefficient (Wildman–Crippen LogP) is 0.410. The molecule has 0 atom stereocenters. The van der Waals surface area contributed by atoms with E-state index in [4.69, 9.17) is 0 Å². The number of piperidine rings is 1. The van der Waals surface area contributed by atoms with Crippen molar-refractivity contribution in [3.05, 3.63) is 0 Å². The smallest absolute Gasteiger partial charge is 0.213 e. The fraction of sp³-hybridized carbons (Fsp3) is 1.00. The van der Waals surface area contributed by atoms with Crippen molar-refractivity contribution >= 4 is 10.0 Å². The molecule has 1 aliphatic rings. The topological polar surface area (TPSA) is 49.4 Å². The minimum Gasteiger partial charge on any atom is -0.314 e. The summed E-state index contributed by atoms with van der Waals surface area (Å²) in [5.74, 6) is 0.221. The summed E-state index contributed by atoms with van der Waals surface area (Å²) in [7, 11) is -2.95. The average Bonchev–Trinajstić information content (AvgIpc) is 2.19. The van der Waals surface area contributed by atoms with Crippen LogP contribution in [0.4, 0.5) is 0 Å². The number of sulfonamides is 1. The lowest BCUT2D eigenvalue weighted by Gasteiger charge is -2.31. The summed E-state index contributed by atoms with van der Waals surface area (Å²) in [4.78, 5) is 0. The van der Waals surface area contributed by atoms with E-state index in [2.05, 4.69) is 12.2 Å². The Hall–Kier alpha value is -0.130. The molecular formula is C9H20N2O2S. The fourth-order valence-corrected chi connectivity index (χ4v) is 2.94. The van der Waals surface area contributed by atoms with Crippen molar-refractivity contribution < 1.29 is 8.42 Å². The molecule has 1 rings (SSSR count). The van der Waals surface area contributed by atoms with Crippen molar-refractivity contribution in [1.29, 1.82) is 0 Å². The highest BCUT2D eigenvalue weighted by Gasteiger charge is 2.25. The maximum absolute atomic E-state index is 11.5. The molecule has 0 spiro atoms. The van der Waals surface area contributed by atoms with Crippen LogP contribution in [0.25, 0.3) is 0 Å². The Morgan fingerprint density at radius 3 is 2.29 bits per heavy atom. The first-order valence-electron chi connectivity index (χ1n) is 5.31. The zero-order valence-electron chi connectivity index (χ0n) is 8.99. The number of nitrogens with zero attached hydrogens (tertiary/aromatic N) is 1. The van der Waals surface area contributed by atoms with Gasteiger partial charge in [-0.25, -0.2) is 12.7 Å². The lowest BCUT2D eigenvalue weighted by Crippen LogP contribution is -2.45. The highest BCUT2D eigenvalue weighted by molar-refractivity contribution is 7.89. The van der Waals surface area contributed by atoms with E-state index in [0.29, 0.717) is 19.1 Å². The van der Waals surface area contributed by atoms with Crippen LogP contribution in [0.15, 0.2) is 0 Å². The van der Waals surface area contributed by atoms with Crippen molar-refractivity contribution in [3.63, 3.8) is 0 Å². The van der Waals surface area contributed by atoms with E-state index in [1.807, 2.05) is 0 Å². The number of hydrogen-bond acceptors (Lipinski definition) is 3. The fourth-order valence-electron chi connectivity index (χ4n) is 1.81. The Labute approximate surface area is 86.7 Å². The highest BCUT2D eigenvalue weighted by atomic mass is 32.2. The van der Waals surface area contributed by atoms with Gasteiger partial charge in [0.15, 0.2) is 0 Å². The van der Waals surface area contributed by atoms with Gasteiger partial charge in [0.1, 0.15) is 0 Å². The molecule has 1 N–H and O–H groups in total. The van der Waals surface area contributed by atoms with Gasteiger partial charge in [0, 0.05) is 19.1 Å². The van der Waals surface area contributed by atoms with E-state index < -0.39 is 10.0 Å². The van der Waals surface area contributed by atoms with Gasteiger partial charge in [0.05, 0.1) is 5.75 Å². The molecule has 14 heavy (non-hydrogen) atoms. The Kier molecular flexibility index (Phi) is 4.34. The van der Waals surface area contributed by atoms with E-state index >= 15 is 0 Å². The summed E-state index contributed by atoms with van der Waals surface area (Å²) >= 11 is 0. The summed E-state index contributed by atoms with van der Waals surface area (Å²) in [6.07, 6.45) is 1.88. The van der Waals surface area contributed by atoms with Gasteiger partial charge < -0.3 is 5.32 Å². The van der Waals surface area contributed by atoms with Gasteiger partial charge in [-0.15, -0.1) is 0 Å². The molecule has 0 amide bonds. The predicted molar refractivity (Wildman–Crippen MR) is 57.7 cm³/mol. The molecule has 0 aromatic rings. The van der Waals surface area contributed by atoms with E-state index in [0.717, 1.165) is 19.4 Å². The molecule has 0 aromatic heterocycles. The summed E-state index contributed by atoms with van der Waals surface area (Å²) in [6, 6.07) is 0.503. The van der Waals surface area contributed by atoms with Crippen LogP contribution >= 0.6 is 0 Å². The molecule has 0 radical (unpaired) electrons. The summed E-state index contributed by atoms with van der Waals surface area (Å²) in [5, 5.41) is 3.35. The highest BCUT2D eigenvalue weighted by Crippen LogP contribution is 2.13. The monoisotopic (exact) mass is 220 g/mol. The minimum atomic E-state index is -2.95. The molecule has 1 fully saturated rings. The second-order valence-corrected chi connectivity index (χ2v) is 5.89. The van der Waals surface area contributed by atoms with Crippen molar-refractivity contribution in [2.75, 3.05) is 25.4 Å². The third kappa shape index (κ3) is 2.93. The lowest BCUT2D eigenvalue weighted by molar-refractivity contribution is 0.292. The Balaban J connectivity index is 2.43. The first kappa shape index (κ1) is 11.9. The molecule has 0 unspecified atom stereocenters. The van der Waals surface area contributed by atoms with E-state index in [1.165, 1.54) is 0 Å². The first-order valence-corrected chi connectivity index (χ1v) is 6.92. The van der Waals surface area contributed by atoms with Gasteiger partial charge in [-0.1, -0.05) is 6.92 Å². The van der Waals surface area contributed by atoms with Crippen molar-refractivity contribution in [1.82, 2.24) is 9.62 Å². The van der Waals surface area contributed by atoms with Gasteiger partial charge in [-0.2, -0.15) is 0 Å². The quantitative estimate of drug-likeness (QED) is 0.746. The van der Waals surface area contributed by atoms with Crippen LogP contribution in [-0.2, 0) is 10.0 Å². The SMILES string of the molecule is CCNC1CCN(S(=O)(=O)CC)CC1. The number of hydrogen-bond donors (Lipinski definition) is 1. The molecule has 84 valence electrons. The zero-order chi connectivity index (χ0) is 10.6.